The molecule has 0 fully saturated rings. The Labute approximate surface area is 186 Å². The Kier molecular flexibility index (Phi) is 6.26. The van der Waals surface area contributed by atoms with Crippen molar-refractivity contribution in [1.29, 1.82) is 0 Å². The largest absolute Gasteiger partial charge is 0.356 e. The zero-order chi connectivity index (χ0) is 23.4. The van der Waals surface area contributed by atoms with Gasteiger partial charge in [0.15, 0.2) is 23.3 Å². The van der Waals surface area contributed by atoms with Gasteiger partial charge in [0.05, 0.1) is 5.56 Å². The first-order valence-electron chi connectivity index (χ1n) is 9.84. The Hall–Kier alpha value is -4.33. The van der Waals surface area contributed by atoms with Crippen LogP contribution in [0, 0.1) is 23.3 Å². The van der Waals surface area contributed by atoms with Crippen LogP contribution >= 0.6 is 0 Å². The molecule has 0 unspecified atom stereocenters. The second-order valence-electron chi connectivity index (χ2n) is 7.07. The van der Waals surface area contributed by atoms with Crippen molar-refractivity contribution in [3.8, 4) is 0 Å². The third kappa shape index (κ3) is 5.12. The van der Waals surface area contributed by atoms with Gasteiger partial charge in [-0.25, -0.2) is 17.6 Å². The fraction of sp³-hybridized carbons (Fsp3) is 0. The fourth-order valence-electron chi connectivity index (χ4n) is 3.07. The van der Waals surface area contributed by atoms with E-state index < -0.39 is 34.7 Å². The maximum Gasteiger partial charge on any atom is 0.258 e. The Balaban J connectivity index is 1.39. The van der Waals surface area contributed by atoms with E-state index in [2.05, 4.69) is 16.0 Å². The van der Waals surface area contributed by atoms with Crippen molar-refractivity contribution in [3.63, 3.8) is 0 Å². The van der Waals surface area contributed by atoms with Crippen LogP contribution in [0.1, 0.15) is 10.4 Å². The molecule has 4 aromatic carbocycles. The number of hydrogen-bond donors (Lipinski definition) is 3. The maximum atomic E-state index is 13.8. The minimum atomic E-state index is -2.04. The summed E-state index contributed by atoms with van der Waals surface area (Å²) in [4.78, 5) is 12.2. The summed E-state index contributed by atoms with van der Waals surface area (Å²) in [7, 11) is 0. The van der Waals surface area contributed by atoms with Gasteiger partial charge in [0.1, 0.15) is 0 Å². The predicted octanol–water partition coefficient (Wildman–Crippen LogP) is 6.98. The molecule has 0 atom stereocenters. The molecule has 0 aliphatic heterocycles. The van der Waals surface area contributed by atoms with E-state index in [0.29, 0.717) is 11.8 Å². The van der Waals surface area contributed by atoms with Gasteiger partial charge in [0.25, 0.3) is 5.91 Å². The van der Waals surface area contributed by atoms with Crippen molar-refractivity contribution in [3.05, 3.63) is 114 Å². The van der Waals surface area contributed by atoms with Crippen LogP contribution in [0.5, 0.6) is 0 Å². The number of benzene rings is 4. The molecule has 0 saturated heterocycles. The SMILES string of the molecule is O=C(Nc1ccc(Nc2ccc(Nc3ccccc3)cc2)cc1)c1cc(F)c(F)c(F)c1F. The molecule has 8 heteroatoms. The van der Waals surface area contributed by atoms with Gasteiger partial charge < -0.3 is 16.0 Å². The number of rotatable bonds is 6. The first-order chi connectivity index (χ1) is 15.9. The molecule has 0 spiro atoms. The maximum absolute atomic E-state index is 13.8. The van der Waals surface area contributed by atoms with Crippen molar-refractivity contribution in [1.82, 2.24) is 0 Å². The third-order valence-corrected chi connectivity index (χ3v) is 4.73. The van der Waals surface area contributed by atoms with E-state index in [-0.39, 0.29) is 5.69 Å². The Morgan fingerprint density at radius 2 is 1.00 bits per heavy atom. The molecular weight excluding hydrogens is 434 g/mol. The van der Waals surface area contributed by atoms with Crippen molar-refractivity contribution >= 4 is 34.3 Å². The van der Waals surface area contributed by atoms with E-state index in [4.69, 9.17) is 0 Å². The summed E-state index contributed by atoms with van der Waals surface area (Å²) in [5.74, 6) is -8.51. The van der Waals surface area contributed by atoms with Crippen LogP contribution in [0.2, 0.25) is 0 Å². The highest BCUT2D eigenvalue weighted by Crippen LogP contribution is 2.24. The minimum absolute atomic E-state index is 0.262. The minimum Gasteiger partial charge on any atom is -0.356 e. The van der Waals surface area contributed by atoms with Crippen molar-refractivity contribution in [2.45, 2.75) is 0 Å². The Morgan fingerprint density at radius 3 is 1.52 bits per heavy atom. The molecule has 3 N–H and O–H groups in total. The van der Waals surface area contributed by atoms with Gasteiger partial charge in [-0.15, -0.1) is 0 Å². The van der Waals surface area contributed by atoms with Crippen LogP contribution in [-0.2, 0) is 0 Å². The highest BCUT2D eigenvalue weighted by molar-refractivity contribution is 6.04. The smallest absolute Gasteiger partial charge is 0.258 e. The number of carbonyl (C=O) groups excluding carboxylic acids is 1. The molecule has 0 aliphatic rings. The number of nitrogens with one attached hydrogen (secondary N) is 3. The van der Waals surface area contributed by atoms with Crippen molar-refractivity contribution < 1.29 is 22.4 Å². The lowest BCUT2D eigenvalue weighted by molar-refractivity contribution is 0.102. The Morgan fingerprint density at radius 1 is 0.545 bits per heavy atom. The number of halogens is 4. The summed E-state index contributed by atoms with van der Waals surface area (Å²) in [6.45, 7) is 0. The normalized spacial score (nSPS) is 10.5. The van der Waals surface area contributed by atoms with Gasteiger partial charge in [-0.3, -0.25) is 4.79 Å². The van der Waals surface area contributed by atoms with Gasteiger partial charge in [0, 0.05) is 28.4 Å². The third-order valence-electron chi connectivity index (χ3n) is 4.73. The lowest BCUT2D eigenvalue weighted by atomic mass is 10.1. The molecule has 166 valence electrons. The van der Waals surface area contributed by atoms with Gasteiger partial charge in [-0.05, 0) is 66.7 Å². The molecule has 4 aromatic rings. The molecule has 0 aromatic heterocycles. The van der Waals surface area contributed by atoms with Crippen LogP contribution in [0.15, 0.2) is 84.9 Å². The molecule has 0 radical (unpaired) electrons. The van der Waals surface area contributed by atoms with Gasteiger partial charge in [-0.1, -0.05) is 18.2 Å². The molecular formula is C25H17F4N3O. The average molecular weight is 451 g/mol. The number of hydrogen-bond acceptors (Lipinski definition) is 3. The molecule has 0 aliphatic carbocycles. The van der Waals surface area contributed by atoms with Gasteiger partial charge >= 0.3 is 0 Å². The van der Waals surface area contributed by atoms with E-state index in [1.807, 2.05) is 54.6 Å². The van der Waals surface area contributed by atoms with Crippen LogP contribution in [0.3, 0.4) is 0 Å². The quantitative estimate of drug-likeness (QED) is 0.168. The number of anilines is 5. The van der Waals surface area contributed by atoms with Crippen LogP contribution in [0.4, 0.5) is 46.0 Å². The Bertz CT molecular complexity index is 1280. The van der Waals surface area contributed by atoms with E-state index in [9.17, 15) is 22.4 Å². The molecule has 1 amide bonds. The van der Waals surface area contributed by atoms with Crippen LogP contribution < -0.4 is 16.0 Å². The molecule has 0 saturated carbocycles. The lowest BCUT2D eigenvalue weighted by Crippen LogP contribution is -2.16. The number of carbonyl (C=O) groups is 1. The summed E-state index contributed by atoms with van der Waals surface area (Å²) in [6.07, 6.45) is 0. The highest BCUT2D eigenvalue weighted by atomic mass is 19.2. The summed E-state index contributed by atoms with van der Waals surface area (Å²) >= 11 is 0. The first kappa shape index (κ1) is 21.9. The monoisotopic (exact) mass is 451 g/mol. The zero-order valence-electron chi connectivity index (χ0n) is 17.0. The number of para-hydroxylation sites is 1. The van der Waals surface area contributed by atoms with Gasteiger partial charge in [-0.2, -0.15) is 0 Å². The fourth-order valence-corrected chi connectivity index (χ4v) is 3.07. The van der Waals surface area contributed by atoms with E-state index in [0.717, 1.165) is 17.1 Å². The van der Waals surface area contributed by atoms with Crippen molar-refractivity contribution in [2.75, 3.05) is 16.0 Å². The summed E-state index contributed by atoms with van der Waals surface area (Å²) in [6, 6.07) is 24.1. The summed E-state index contributed by atoms with van der Waals surface area (Å²) < 4.78 is 53.6. The lowest BCUT2D eigenvalue weighted by Gasteiger charge is -2.11. The topological polar surface area (TPSA) is 53.2 Å². The molecule has 33 heavy (non-hydrogen) atoms. The zero-order valence-corrected chi connectivity index (χ0v) is 17.0. The summed E-state index contributed by atoms with van der Waals surface area (Å²) in [5, 5.41) is 8.81. The summed E-state index contributed by atoms with van der Waals surface area (Å²) in [5.41, 5.74) is 2.76. The molecule has 4 nitrogen and oxygen atoms in total. The standard InChI is InChI=1S/C25H17F4N3O/c26-21-14-20(22(27)24(29)23(21)28)25(33)32-19-12-10-18(11-13-19)31-17-8-6-16(7-9-17)30-15-4-2-1-3-5-15/h1-14,30-31H,(H,32,33). The second-order valence-corrected chi connectivity index (χ2v) is 7.07. The molecule has 0 bridgehead atoms. The van der Waals surface area contributed by atoms with E-state index in [1.54, 1.807) is 12.1 Å². The van der Waals surface area contributed by atoms with Crippen molar-refractivity contribution in [2.24, 2.45) is 0 Å². The van der Waals surface area contributed by atoms with Gasteiger partial charge in [0.2, 0.25) is 0 Å². The van der Waals surface area contributed by atoms with Crippen LogP contribution in [0.25, 0.3) is 0 Å². The molecule has 4 rings (SSSR count). The van der Waals surface area contributed by atoms with E-state index in [1.165, 1.54) is 12.1 Å². The van der Waals surface area contributed by atoms with Crippen LogP contribution in [-0.4, -0.2) is 5.91 Å². The number of amides is 1. The van der Waals surface area contributed by atoms with E-state index >= 15 is 0 Å². The predicted molar refractivity (Wildman–Crippen MR) is 120 cm³/mol. The average Bonchev–Trinajstić information content (AvgIpc) is 2.83. The molecule has 0 heterocycles. The highest BCUT2D eigenvalue weighted by Gasteiger charge is 2.23. The second kappa shape index (κ2) is 9.44. The first-order valence-corrected chi connectivity index (χ1v) is 9.84.